The van der Waals surface area contributed by atoms with Crippen molar-refractivity contribution in [2.45, 2.75) is 31.3 Å². The number of hydrogen-bond acceptors (Lipinski definition) is 4. The lowest BCUT2D eigenvalue weighted by atomic mass is 9.90. The number of likely N-dealkylation sites (tertiary alicyclic amines) is 1. The van der Waals surface area contributed by atoms with Gasteiger partial charge in [0.05, 0.1) is 0 Å². The summed E-state index contributed by atoms with van der Waals surface area (Å²) in [4.78, 5) is 13.7. The molecule has 0 amide bonds. The highest BCUT2D eigenvalue weighted by atomic mass is 16.6. The lowest BCUT2D eigenvalue weighted by Gasteiger charge is -2.38. The number of rotatable bonds is 4. The van der Waals surface area contributed by atoms with E-state index in [4.69, 9.17) is 9.47 Å². The third-order valence-corrected chi connectivity index (χ3v) is 4.15. The molecular weight excluding hydrogens is 254 g/mol. The Balaban J connectivity index is 1.47. The molecule has 2 saturated heterocycles. The van der Waals surface area contributed by atoms with Crippen molar-refractivity contribution in [2.24, 2.45) is 0 Å². The maximum atomic E-state index is 11.4. The van der Waals surface area contributed by atoms with Crippen LogP contribution in [-0.4, -0.2) is 42.7 Å². The van der Waals surface area contributed by atoms with E-state index in [9.17, 15) is 4.79 Å². The zero-order chi connectivity index (χ0) is 13.8. The van der Waals surface area contributed by atoms with Gasteiger partial charge in [0.25, 0.3) is 0 Å². The molecule has 1 atom stereocenters. The Morgan fingerprint density at radius 1 is 1.25 bits per heavy atom. The van der Waals surface area contributed by atoms with Crippen LogP contribution in [0.2, 0.25) is 0 Å². The minimum atomic E-state index is -0.206. The van der Waals surface area contributed by atoms with E-state index in [0.29, 0.717) is 13.0 Å². The molecule has 4 nitrogen and oxygen atoms in total. The van der Waals surface area contributed by atoms with Crippen LogP contribution in [0, 0.1) is 0 Å². The Labute approximate surface area is 119 Å². The summed E-state index contributed by atoms with van der Waals surface area (Å²) in [5.74, 6) is 0.874. The quantitative estimate of drug-likeness (QED) is 0.790. The number of nitrogens with zero attached hydrogens (tertiary/aromatic N) is 1. The number of carbonyl (C=O) groups is 1. The molecular formula is C16H21NO3. The van der Waals surface area contributed by atoms with E-state index in [1.807, 2.05) is 30.3 Å². The molecule has 3 rings (SSSR count). The molecule has 0 radical (unpaired) electrons. The van der Waals surface area contributed by atoms with Gasteiger partial charge in [-0.25, -0.2) is 0 Å². The van der Waals surface area contributed by atoms with E-state index in [-0.39, 0.29) is 11.6 Å². The van der Waals surface area contributed by atoms with Crippen LogP contribution in [0.3, 0.4) is 0 Å². The first kappa shape index (κ1) is 13.4. The molecule has 0 aliphatic carbocycles. The van der Waals surface area contributed by atoms with Gasteiger partial charge < -0.3 is 9.47 Å². The topological polar surface area (TPSA) is 38.8 Å². The molecule has 2 heterocycles. The Hall–Kier alpha value is -1.55. The molecule has 108 valence electrons. The summed E-state index contributed by atoms with van der Waals surface area (Å²) >= 11 is 0. The van der Waals surface area contributed by atoms with E-state index in [1.165, 1.54) is 0 Å². The smallest absolute Gasteiger partial charge is 0.306 e. The van der Waals surface area contributed by atoms with Crippen molar-refractivity contribution in [1.29, 1.82) is 0 Å². The van der Waals surface area contributed by atoms with Gasteiger partial charge in [-0.15, -0.1) is 0 Å². The molecule has 0 N–H and O–H groups in total. The fourth-order valence-electron chi connectivity index (χ4n) is 3.15. The summed E-state index contributed by atoms with van der Waals surface area (Å²) in [6.07, 6.45) is 3.56. The third-order valence-electron chi connectivity index (χ3n) is 4.15. The van der Waals surface area contributed by atoms with Gasteiger partial charge in [-0.2, -0.15) is 0 Å². The van der Waals surface area contributed by atoms with Crippen LogP contribution in [0.25, 0.3) is 0 Å². The Morgan fingerprint density at radius 2 is 2.10 bits per heavy atom. The van der Waals surface area contributed by atoms with Gasteiger partial charge in [-0.3, -0.25) is 9.69 Å². The third kappa shape index (κ3) is 3.12. The zero-order valence-electron chi connectivity index (χ0n) is 11.7. The molecule has 4 heteroatoms. The molecule has 0 aromatic heterocycles. The molecule has 0 bridgehead atoms. The number of piperidine rings is 1. The van der Waals surface area contributed by atoms with Gasteiger partial charge in [0.1, 0.15) is 18.0 Å². The van der Waals surface area contributed by atoms with E-state index in [0.717, 1.165) is 44.6 Å². The van der Waals surface area contributed by atoms with Crippen LogP contribution >= 0.6 is 0 Å². The van der Waals surface area contributed by atoms with Gasteiger partial charge in [0.2, 0.25) is 0 Å². The maximum absolute atomic E-state index is 11.4. The highest BCUT2D eigenvalue weighted by molar-refractivity contribution is 5.72. The minimum absolute atomic E-state index is 0.0348. The highest BCUT2D eigenvalue weighted by Crippen LogP contribution is 2.34. The number of hydrogen-bond donors (Lipinski definition) is 0. The number of carbonyl (C=O) groups excluding carboxylic acids is 1. The maximum Gasteiger partial charge on any atom is 0.306 e. The first-order chi connectivity index (χ1) is 9.76. The number of esters is 1. The number of para-hydroxylation sites is 1. The van der Waals surface area contributed by atoms with E-state index in [1.54, 1.807) is 0 Å². The summed E-state index contributed by atoms with van der Waals surface area (Å²) in [5.41, 5.74) is -0.206. The van der Waals surface area contributed by atoms with E-state index in [2.05, 4.69) is 4.90 Å². The van der Waals surface area contributed by atoms with Gasteiger partial charge in [-0.1, -0.05) is 18.2 Å². The van der Waals surface area contributed by atoms with Crippen LogP contribution < -0.4 is 4.74 Å². The fourth-order valence-corrected chi connectivity index (χ4v) is 3.15. The van der Waals surface area contributed by atoms with Gasteiger partial charge >= 0.3 is 5.97 Å². The van der Waals surface area contributed by atoms with Gasteiger partial charge in [0, 0.05) is 19.5 Å². The molecule has 2 aliphatic heterocycles. The summed E-state index contributed by atoms with van der Waals surface area (Å²) in [6, 6.07) is 9.87. The minimum Gasteiger partial charge on any atom is -0.492 e. The van der Waals surface area contributed by atoms with Crippen molar-refractivity contribution in [3.05, 3.63) is 30.3 Å². The first-order valence-electron chi connectivity index (χ1n) is 7.38. The normalized spacial score (nSPS) is 26.7. The van der Waals surface area contributed by atoms with Crippen molar-refractivity contribution in [3.63, 3.8) is 0 Å². The van der Waals surface area contributed by atoms with E-state index < -0.39 is 0 Å². The van der Waals surface area contributed by atoms with Crippen molar-refractivity contribution in [3.8, 4) is 5.75 Å². The molecule has 1 aromatic carbocycles. The summed E-state index contributed by atoms with van der Waals surface area (Å²) < 4.78 is 11.3. The lowest BCUT2D eigenvalue weighted by molar-refractivity contribution is -0.152. The van der Waals surface area contributed by atoms with Crippen LogP contribution in [0.5, 0.6) is 5.75 Å². The Bertz CT molecular complexity index is 462. The summed E-state index contributed by atoms with van der Waals surface area (Å²) in [5, 5.41) is 0. The highest BCUT2D eigenvalue weighted by Gasteiger charge is 2.43. The predicted octanol–water partition coefficient (Wildman–Crippen LogP) is 2.24. The van der Waals surface area contributed by atoms with Gasteiger partial charge in [0.15, 0.2) is 0 Å². The largest absolute Gasteiger partial charge is 0.492 e. The van der Waals surface area contributed by atoms with Gasteiger partial charge in [-0.05, 0) is 37.9 Å². The molecule has 0 unspecified atom stereocenters. The van der Waals surface area contributed by atoms with Crippen molar-refractivity contribution in [1.82, 2.24) is 4.90 Å². The second-order valence-electron chi connectivity index (χ2n) is 5.70. The Kier molecular flexibility index (Phi) is 3.92. The number of ether oxygens (including phenoxy) is 2. The molecule has 2 aliphatic rings. The summed E-state index contributed by atoms with van der Waals surface area (Å²) in [7, 11) is 0. The average Bonchev–Trinajstić information content (AvgIpc) is 2.81. The van der Waals surface area contributed by atoms with Crippen LogP contribution in [-0.2, 0) is 9.53 Å². The predicted molar refractivity (Wildman–Crippen MR) is 75.7 cm³/mol. The van der Waals surface area contributed by atoms with Crippen LogP contribution in [0.4, 0.5) is 0 Å². The Morgan fingerprint density at radius 3 is 2.85 bits per heavy atom. The lowest BCUT2D eigenvalue weighted by Crippen LogP contribution is -2.49. The zero-order valence-corrected chi connectivity index (χ0v) is 11.7. The van der Waals surface area contributed by atoms with Crippen molar-refractivity contribution < 1.29 is 14.3 Å². The fraction of sp³-hybridized carbons (Fsp3) is 0.562. The second kappa shape index (κ2) is 5.83. The summed E-state index contributed by atoms with van der Waals surface area (Å²) in [6.45, 7) is 3.48. The molecule has 2 fully saturated rings. The molecule has 1 aromatic rings. The second-order valence-corrected chi connectivity index (χ2v) is 5.70. The van der Waals surface area contributed by atoms with E-state index >= 15 is 0 Å². The molecule has 1 spiro atoms. The first-order valence-corrected chi connectivity index (χ1v) is 7.38. The van der Waals surface area contributed by atoms with Crippen molar-refractivity contribution in [2.75, 3.05) is 26.2 Å². The standard InChI is InChI=1S/C16H21NO3/c18-15-7-9-16(20-15)8-4-10-17(13-16)11-12-19-14-5-2-1-3-6-14/h1-3,5-6H,4,7-13H2/t16-/m0/s1. The van der Waals surface area contributed by atoms with Crippen LogP contribution in [0.1, 0.15) is 25.7 Å². The van der Waals surface area contributed by atoms with Crippen LogP contribution in [0.15, 0.2) is 30.3 Å². The SMILES string of the molecule is O=C1CC[C@]2(CCCN(CCOc3ccccc3)C2)O1. The number of benzene rings is 1. The van der Waals surface area contributed by atoms with Crippen molar-refractivity contribution >= 4 is 5.97 Å². The monoisotopic (exact) mass is 275 g/mol. The molecule has 20 heavy (non-hydrogen) atoms. The molecule has 0 saturated carbocycles. The average molecular weight is 275 g/mol.